The third-order valence-electron chi connectivity index (χ3n) is 5.10. The van der Waals surface area contributed by atoms with Crippen molar-refractivity contribution < 1.29 is 17.9 Å². The zero-order valence-electron chi connectivity index (χ0n) is 15.4. The van der Waals surface area contributed by atoms with E-state index in [1.54, 1.807) is 23.1 Å². The molecular weight excluding hydrogens is 354 g/mol. The molecule has 1 fully saturated rings. The molecule has 3 rings (SSSR count). The highest BCUT2D eigenvalue weighted by Crippen LogP contribution is 2.29. The standard InChI is InChI=1S/C18H27N3O4S/c1-14(20-8-10-25-11-9-20)13-19-26(23,24)17-5-6-18-16(12-17)4-3-7-21(18)15(2)22/h5-6,12,14,19H,3-4,7-11,13H2,1-2H3. The van der Waals surface area contributed by atoms with Crippen LogP contribution < -0.4 is 9.62 Å². The van der Waals surface area contributed by atoms with Gasteiger partial charge in [-0.05, 0) is 43.5 Å². The first-order chi connectivity index (χ1) is 12.4. The number of carbonyl (C=O) groups is 1. The van der Waals surface area contributed by atoms with Crippen LogP contribution in [0.5, 0.6) is 0 Å². The first-order valence-corrected chi connectivity index (χ1v) is 10.6. The minimum atomic E-state index is -3.58. The highest BCUT2D eigenvalue weighted by molar-refractivity contribution is 7.89. The van der Waals surface area contributed by atoms with E-state index >= 15 is 0 Å². The molecule has 1 atom stereocenters. The number of morpholine rings is 1. The van der Waals surface area contributed by atoms with Crippen LogP contribution in [-0.4, -0.2) is 64.7 Å². The van der Waals surface area contributed by atoms with Crippen LogP contribution in [0.25, 0.3) is 0 Å². The van der Waals surface area contributed by atoms with Crippen LogP contribution in [0.15, 0.2) is 23.1 Å². The number of ether oxygens (including phenoxy) is 1. The monoisotopic (exact) mass is 381 g/mol. The van der Waals surface area contributed by atoms with Crippen molar-refractivity contribution in [3.8, 4) is 0 Å². The summed E-state index contributed by atoms with van der Waals surface area (Å²) < 4.78 is 33.4. The second kappa shape index (κ2) is 8.04. The van der Waals surface area contributed by atoms with Gasteiger partial charge in [0.2, 0.25) is 15.9 Å². The van der Waals surface area contributed by atoms with E-state index < -0.39 is 10.0 Å². The number of hydrogen-bond donors (Lipinski definition) is 1. The Morgan fingerprint density at radius 1 is 1.27 bits per heavy atom. The minimum Gasteiger partial charge on any atom is -0.379 e. The predicted octanol–water partition coefficient (Wildman–Crippen LogP) is 0.985. The van der Waals surface area contributed by atoms with E-state index in [-0.39, 0.29) is 16.8 Å². The lowest BCUT2D eigenvalue weighted by molar-refractivity contribution is -0.116. The Bertz CT molecular complexity index is 760. The Morgan fingerprint density at radius 3 is 2.69 bits per heavy atom. The molecule has 2 heterocycles. The smallest absolute Gasteiger partial charge is 0.240 e. The van der Waals surface area contributed by atoms with E-state index in [1.807, 2.05) is 6.92 Å². The normalized spacial score (nSPS) is 19.8. The second-order valence-electron chi connectivity index (χ2n) is 6.91. The average Bonchev–Trinajstić information content (AvgIpc) is 2.65. The second-order valence-corrected chi connectivity index (χ2v) is 8.68. The lowest BCUT2D eigenvalue weighted by Crippen LogP contribution is -2.47. The molecule has 0 spiro atoms. The van der Waals surface area contributed by atoms with Gasteiger partial charge in [0.05, 0.1) is 18.1 Å². The molecule has 0 radical (unpaired) electrons. The summed E-state index contributed by atoms with van der Waals surface area (Å²) in [6.07, 6.45) is 1.63. The summed E-state index contributed by atoms with van der Waals surface area (Å²) >= 11 is 0. The third-order valence-corrected chi connectivity index (χ3v) is 6.52. The van der Waals surface area contributed by atoms with Gasteiger partial charge in [-0.25, -0.2) is 13.1 Å². The molecule has 144 valence electrons. The number of carbonyl (C=O) groups excluding carboxylic acids is 1. The van der Waals surface area contributed by atoms with Gasteiger partial charge in [0.1, 0.15) is 0 Å². The molecule has 2 aliphatic rings. The zero-order chi connectivity index (χ0) is 18.7. The van der Waals surface area contributed by atoms with Crippen molar-refractivity contribution in [2.75, 3.05) is 44.3 Å². The fourth-order valence-electron chi connectivity index (χ4n) is 3.53. The van der Waals surface area contributed by atoms with Gasteiger partial charge in [-0.3, -0.25) is 9.69 Å². The third kappa shape index (κ3) is 4.25. The van der Waals surface area contributed by atoms with E-state index in [1.165, 1.54) is 6.92 Å². The van der Waals surface area contributed by atoms with Crippen LogP contribution in [0.3, 0.4) is 0 Å². The van der Waals surface area contributed by atoms with Crippen molar-refractivity contribution in [2.45, 2.75) is 37.6 Å². The fraction of sp³-hybridized carbons (Fsp3) is 0.611. The number of sulfonamides is 1. The quantitative estimate of drug-likeness (QED) is 0.823. The van der Waals surface area contributed by atoms with Gasteiger partial charge in [0, 0.05) is 44.8 Å². The number of benzene rings is 1. The molecule has 1 unspecified atom stereocenters. The van der Waals surface area contributed by atoms with Crippen LogP contribution in [0.4, 0.5) is 5.69 Å². The lowest BCUT2D eigenvalue weighted by atomic mass is 10.0. The van der Waals surface area contributed by atoms with Gasteiger partial charge in [0.25, 0.3) is 0 Å². The Kier molecular flexibility index (Phi) is 5.96. The van der Waals surface area contributed by atoms with Gasteiger partial charge in [0.15, 0.2) is 0 Å². The number of nitrogens with one attached hydrogen (secondary N) is 1. The molecule has 1 saturated heterocycles. The molecule has 26 heavy (non-hydrogen) atoms. The lowest BCUT2D eigenvalue weighted by Gasteiger charge is -2.32. The minimum absolute atomic E-state index is 0.0148. The number of aryl methyl sites for hydroxylation is 1. The van der Waals surface area contributed by atoms with Crippen molar-refractivity contribution in [3.05, 3.63) is 23.8 Å². The van der Waals surface area contributed by atoms with E-state index in [0.29, 0.717) is 26.3 Å². The fourth-order valence-corrected chi connectivity index (χ4v) is 4.70. The molecule has 8 heteroatoms. The van der Waals surface area contributed by atoms with Crippen molar-refractivity contribution in [1.29, 1.82) is 0 Å². The van der Waals surface area contributed by atoms with E-state index in [4.69, 9.17) is 4.74 Å². The van der Waals surface area contributed by atoms with Gasteiger partial charge in [-0.15, -0.1) is 0 Å². The molecule has 1 amide bonds. The van der Waals surface area contributed by atoms with Crippen LogP contribution in [0, 0.1) is 0 Å². The maximum Gasteiger partial charge on any atom is 0.240 e. The molecule has 1 aromatic rings. The molecule has 1 N–H and O–H groups in total. The summed E-state index contributed by atoms with van der Waals surface area (Å²) in [6, 6.07) is 5.14. The average molecular weight is 381 g/mol. The number of hydrogen-bond acceptors (Lipinski definition) is 5. The molecule has 0 saturated carbocycles. The summed E-state index contributed by atoms with van der Waals surface area (Å²) in [5, 5.41) is 0. The van der Waals surface area contributed by atoms with Crippen LogP contribution in [0.1, 0.15) is 25.8 Å². The van der Waals surface area contributed by atoms with Crippen molar-refractivity contribution >= 4 is 21.6 Å². The van der Waals surface area contributed by atoms with Crippen LogP contribution >= 0.6 is 0 Å². The van der Waals surface area contributed by atoms with E-state index in [9.17, 15) is 13.2 Å². The predicted molar refractivity (Wildman–Crippen MR) is 99.8 cm³/mol. The maximum absolute atomic E-state index is 12.7. The van der Waals surface area contributed by atoms with Crippen molar-refractivity contribution in [2.24, 2.45) is 0 Å². The summed E-state index contributed by atoms with van der Waals surface area (Å²) in [5.41, 5.74) is 1.74. The van der Waals surface area contributed by atoms with Gasteiger partial charge in [-0.1, -0.05) is 0 Å². The number of rotatable bonds is 5. The summed E-state index contributed by atoms with van der Waals surface area (Å²) in [6.45, 7) is 7.62. The van der Waals surface area contributed by atoms with Gasteiger partial charge in [-0.2, -0.15) is 0 Å². The van der Waals surface area contributed by atoms with E-state index in [0.717, 1.165) is 37.2 Å². The van der Waals surface area contributed by atoms with Crippen molar-refractivity contribution in [3.63, 3.8) is 0 Å². The molecule has 7 nitrogen and oxygen atoms in total. The van der Waals surface area contributed by atoms with Crippen LogP contribution in [-0.2, 0) is 26.0 Å². The zero-order valence-corrected chi connectivity index (χ0v) is 16.2. The first-order valence-electron chi connectivity index (χ1n) is 9.11. The molecule has 0 aliphatic carbocycles. The Balaban J connectivity index is 1.70. The first kappa shape index (κ1) is 19.3. The number of nitrogens with zero attached hydrogens (tertiary/aromatic N) is 2. The van der Waals surface area contributed by atoms with Gasteiger partial charge >= 0.3 is 0 Å². The summed E-state index contributed by atoms with van der Waals surface area (Å²) in [7, 11) is -3.58. The largest absolute Gasteiger partial charge is 0.379 e. The SMILES string of the molecule is CC(=O)N1CCCc2cc(S(=O)(=O)NCC(C)N3CCOCC3)ccc21. The van der Waals surface area contributed by atoms with E-state index in [2.05, 4.69) is 9.62 Å². The topological polar surface area (TPSA) is 79.0 Å². The Labute approximate surface area is 155 Å². The molecule has 0 bridgehead atoms. The number of anilines is 1. The molecule has 1 aromatic carbocycles. The molecule has 2 aliphatic heterocycles. The highest BCUT2D eigenvalue weighted by Gasteiger charge is 2.24. The molecular formula is C18H27N3O4S. The van der Waals surface area contributed by atoms with Gasteiger partial charge < -0.3 is 9.64 Å². The number of fused-ring (bicyclic) bond motifs is 1. The Morgan fingerprint density at radius 2 is 2.00 bits per heavy atom. The summed E-state index contributed by atoms with van der Waals surface area (Å²) in [4.78, 5) is 16.0. The maximum atomic E-state index is 12.7. The van der Waals surface area contributed by atoms with Crippen molar-refractivity contribution in [1.82, 2.24) is 9.62 Å². The Hall–Kier alpha value is -1.48. The van der Waals surface area contributed by atoms with Crippen LogP contribution in [0.2, 0.25) is 0 Å². The number of amides is 1. The summed E-state index contributed by atoms with van der Waals surface area (Å²) in [5.74, 6) is -0.0148. The highest BCUT2D eigenvalue weighted by atomic mass is 32.2. The molecule has 0 aromatic heterocycles.